The van der Waals surface area contributed by atoms with Crippen LogP contribution in [0, 0.1) is 0 Å². The van der Waals surface area contributed by atoms with E-state index in [4.69, 9.17) is 17.3 Å². The lowest BCUT2D eigenvalue weighted by Crippen LogP contribution is -2.12. The molecule has 0 fully saturated rings. The van der Waals surface area contributed by atoms with Crippen LogP contribution in [-0.2, 0) is 0 Å². The Morgan fingerprint density at radius 1 is 1.24 bits per heavy atom. The minimum atomic E-state index is -0.252. The lowest BCUT2D eigenvalue weighted by Gasteiger charge is -2.06. The summed E-state index contributed by atoms with van der Waals surface area (Å²) in [6, 6.07) is 12.9. The van der Waals surface area contributed by atoms with Crippen molar-refractivity contribution in [3.63, 3.8) is 0 Å². The van der Waals surface area contributed by atoms with Gasteiger partial charge in [-0.05, 0) is 30.3 Å². The number of nitrogens with two attached hydrogens (primary N) is 1. The van der Waals surface area contributed by atoms with E-state index in [9.17, 15) is 4.79 Å². The van der Waals surface area contributed by atoms with Gasteiger partial charge in [0.15, 0.2) is 0 Å². The molecule has 3 N–H and O–H groups in total. The first kappa shape index (κ1) is 14.4. The van der Waals surface area contributed by atoms with Crippen molar-refractivity contribution in [1.82, 2.24) is 0 Å². The predicted octanol–water partition coefficient (Wildman–Crippen LogP) is 5.15. The Labute approximate surface area is 138 Å². The van der Waals surface area contributed by atoms with Crippen LogP contribution in [0.15, 0.2) is 46.9 Å². The lowest BCUT2D eigenvalue weighted by molar-refractivity contribution is 0.103. The minimum Gasteiger partial charge on any atom is -0.397 e. The molecule has 0 aliphatic heterocycles. The number of benzene rings is 2. The maximum Gasteiger partial charge on any atom is 0.267 e. The third-order valence-electron chi connectivity index (χ3n) is 3.02. The van der Waals surface area contributed by atoms with Gasteiger partial charge >= 0.3 is 0 Å². The van der Waals surface area contributed by atoms with Gasteiger partial charge in [-0.3, -0.25) is 4.79 Å². The molecule has 3 aromatic rings. The number of hydrogen-bond acceptors (Lipinski definition) is 3. The summed E-state index contributed by atoms with van der Waals surface area (Å²) in [7, 11) is 0. The number of carbonyl (C=O) groups is 1. The van der Waals surface area contributed by atoms with Crippen LogP contribution < -0.4 is 11.1 Å². The van der Waals surface area contributed by atoms with Gasteiger partial charge in [0.25, 0.3) is 5.91 Å². The summed E-state index contributed by atoms with van der Waals surface area (Å²) in [5.74, 6) is -0.252. The van der Waals surface area contributed by atoms with Crippen molar-refractivity contribution >= 4 is 66.2 Å². The molecule has 0 unspecified atom stereocenters. The zero-order valence-corrected chi connectivity index (χ0v) is 13.8. The molecule has 3 rings (SSSR count). The van der Waals surface area contributed by atoms with E-state index in [1.54, 1.807) is 12.1 Å². The van der Waals surface area contributed by atoms with Gasteiger partial charge in [-0.15, -0.1) is 11.3 Å². The monoisotopic (exact) mass is 380 g/mol. The van der Waals surface area contributed by atoms with Crippen LogP contribution in [0.5, 0.6) is 0 Å². The van der Waals surface area contributed by atoms with E-state index in [1.807, 2.05) is 30.3 Å². The second kappa shape index (κ2) is 5.67. The number of hydrogen-bond donors (Lipinski definition) is 2. The van der Waals surface area contributed by atoms with Crippen molar-refractivity contribution in [3.8, 4) is 0 Å². The van der Waals surface area contributed by atoms with Crippen molar-refractivity contribution in [3.05, 3.63) is 56.8 Å². The summed E-state index contributed by atoms with van der Waals surface area (Å²) < 4.78 is 1.90. The first-order valence-corrected chi connectivity index (χ1v) is 8.08. The molecule has 0 atom stereocenters. The highest BCUT2D eigenvalue weighted by Crippen LogP contribution is 2.36. The fourth-order valence-corrected chi connectivity index (χ4v) is 3.54. The zero-order chi connectivity index (χ0) is 15.0. The normalized spacial score (nSPS) is 10.8. The molecule has 2 aromatic carbocycles. The number of halogens is 2. The Hall–Kier alpha value is -1.56. The quantitative estimate of drug-likeness (QED) is 0.645. The van der Waals surface area contributed by atoms with Crippen molar-refractivity contribution in [2.24, 2.45) is 0 Å². The number of anilines is 2. The van der Waals surface area contributed by atoms with Crippen LogP contribution in [0.4, 0.5) is 11.4 Å². The smallest absolute Gasteiger partial charge is 0.267 e. The summed E-state index contributed by atoms with van der Waals surface area (Å²) >= 11 is 10.8. The van der Waals surface area contributed by atoms with Gasteiger partial charge in [0.1, 0.15) is 4.88 Å². The minimum absolute atomic E-state index is 0.252. The predicted molar refractivity (Wildman–Crippen MR) is 93.3 cm³/mol. The van der Waals surface area contributed by atoms with Gasteiger partial charge in [-0.1, -0.05) is 39.7 Å². The van der Waals surface area contributed by atoms with E-state index in [2.05, 4.69) is 21.2 Å². The van der Waals surface area contributed by atoms with Crippen LogP contribution in [0.3, 0.4) is 0 Å². The molecule has 0 radical (unpaired) electrons. The number of fused-ring (bicyclic) bond motifs is 1. The molecule has 0 bridgehead atoms. The Balaban J connectivity index is 1.99. The molecule has 3 nitrogen and oxygen atoms in total. The van der Waals surface area contributed by atoms with Crippen LogP contribution >= 0.6 is 38.9 Å². The molecule has 6 heteroatoms. The van der Waals surface area contributed by atoms with Crippen molar-refractivity contribution in [1.29, 1.82) is 0 Å². The number of nitrogens with one attached hydrogen (secondary N) is 1. The Morgan fingerprint density at radius 2 is 2.00 bits per heavy atom. The number of thiophene rings is 1. The van der Waals surface area contributed by atoms with Crippen LogP contribution in [0.25, 0.3) is 10.1 Å². The van der Waals surface area contributed by atoms with E-state index in [-0.39, 0.29) is 5.91 Å². The lowest BCUT2D eigenvalue weighted by atomic mass is 10.2. The number of rotatable bonds is 2. The highest BCUT2D eigenvalue weighted by atomic mass is 79.9. The van der Waals surface area contributed by atoms with Crippen molar-refractivity contribution in [2.75, 3.05) is 11.1 Å². The van der Waals surface area contributed by atoms with Crippen LogP contribution in [0.1, 0.15) is 9.67 Å². The largest absolute Gasteiger partial charge is 0.397 e. The Bertz CT molecular complexity index is 847. The fourth-order valence-electron chi connectivity index (χ4n) is 2.00. The third kappa shape index (κ3) is 2.77. The van der Waals surface area contributed by atoms with E-state index < -0.39 is 0 Å². The summed E-state index contributed by atoms with van der Waals surface area (Å²) in [5.41, 5.74) is 7.15. The molecule has 0 saturated carbocycles. The van der Waals surface area contributed by atoms with Gasteiger partial charge in [-0.25, -0.2) is 0 Å². The average Bonchev–Trinajstić information content (AvgIpc) is 2.79. The standard InChI is InChI=1S/C15H10BrClN2OS/c16-8-5-6-12-9(7-8)13(18)14(21-12)15(20)19-11-4-2-1-3-10(11)17/h1-7H,18H2,(H,19,20). The van der Waals surface area contributed by atoms with Gasteiger partial charge in [0.05, 0.1) is 16.4 Å². The summed E-state index contributed by atoms with van der Waals surface area (Å²) in [6.45, 7) is 0. The van der Waals surface area contributed by atoms with Crippen molar-refractivity contribution < 1.29 is 4.79 Å². The van der Waals surface area contributed by atoms with E-state index in [0.29, 0.717) is 21.3 Å². The molecule has 0 aliphatic rings. The number of para-hydroxylation sites is 1. The molecule has 0 spiro atoms. The van der Waals surface area contributed by atoms with Crippen LogP contribution in [-0.4, -0.2) is 5.91 Å². The zero-order valence-electron chi connectivity index (χ0n) is 10.7. The van der Waals surface area contributed by atoms with Crippen molar-refractivity contribution in [2.45, 2.75) is 0 Å². The molecule has 1 aromatic heterocycles. The molecular weight excluding hydrogens is 372 g/mol. The summed E-state index contributed by atoms with van der Waals surface area (Å²) in [4.78, 5) is 12.9. The molecule has 0 aliphatic carbocycles. The molecule has 0 saturated heterocycles. The molecule has 1 amide bonds. The van der Waals surface area contributed by atoms with Crippen LogP contribution in [0.2, 0.25) is 5.02 Å². The highest BCUT2D eigenvalue weighted by molar-refractivity contribution is 9.10. The van der Waals surface area contributed by atoms with Gasteiger partial charge < -0.3 is 11.1 Å². The second-order valence-electron chi connectivity index (χ2n) is 4.42. The highest BCUT2D eigenvalue weighted by Gasteiger charge is 2.17. The van der Waals surface area contributed by atoms with E-state index in [0.717, 1.165) is 14.6 Å². The van der Waals surface area contributed by atoms with E-state index in [1.165, 1.54) is 11.3 Å². The Kier molecular flexibility index (Phi) is 3.89. The average molecular weight is 382 g/mol. The number of carbonyl (C=O) groups excluding carboxylic acids is 1. The van der Waals surface area contributed by atoms with Gasteiger partial charge in [-0.2, -0.15) is 0 Å². The summed E-state index contributed by atoms with van der Waals surface area (Å²) in [5, 5.41) is 4.16. The van der Waals surface area contributed by atoms with Gasteiger partial charge in [0.2, 0.25) is 0 Å². The third-order valence-corrected chi connectivity index (χ3v) is 5.02. The number of amides is 1. The first-order valence-electron chi connectivity index (χ1n) is 6.09. The summed E-state index contributed by atoms with van der Waals surface area (Å²) in [6.07, 6.45) is 0. The molecule has 1 heterocycles. The SMILES string of the molecule is Nc1c(C(=O)Nc2ccccc2Cl)sc2ccc(Br)cc12. The second-order valence-corrected chi connectivity index (χ2v) is 6.79. The maximum atomic E-state index is 12.4. The molecule has 106 valence electrons. The Morgan fingerprint density at radius 3 is 2.76 bits per heavy atom. The first-order chi connectivity index (χ1) is 10.1. The molecular formula is C15H10BrClN2OS. The molecule has 21 heavy (non-hydrogen) atoms. The number of nitrogen functional groups attached to an aromatic ring is 1. The van der Waals surface area contributed by atoms with Gasteiger partial charge in [0, 0.05) is 14.6 Å². The topological polar surface area (TPSA) is 55.1 Å². The van der Waals surface area contributed by atoms with E-state index >= 15 is 0 Å². The maximum absolute atomic E-state index is 12.4. The fraction of sp³-hybridized carbons (Fsp3) is 0.